The topological polar surface area (TPSA) is 213 Å². The van der Waals surface area contributed by atoms with E-state index in [1.807, 2.05) is 90.5 Å². The lowest BCUT2D eigenvalue weighted by molar-refractivity contribution is -0.144. The van der Waals surface area contributed by atoms with Crippen molar-refractivity contribution < 1.29 is 39.0 Å². The van der Waals surface area contributed by atoms with Gasteiger partial charge in [0.05, 0.1) is 18.0 Å². The molecule has 1 heterocycles. The zero-order valence-corrected chi connectivity index (χ0v) is 35.2. The molecule has 3 amide bonds. The van der Waals surface area contributed by atoms with Crippen molar-refractivity contribution in [3.8, 4) is 0 Å². The van der Waals surface area contributed by atoms with Gasteiger partial charge in [0.2, 0.25) is 17.7 Å². The van der Waals surface area contributed by atoms with E-state index in [-0.39, 0.29) is 42.6 Å². The molecule has 0 saturated heterocycles. The minimum Gasteiger partial charge on any atom is -0.481 e. The van der Waals surface area contributed by atoms with Crippen LogP contribution in [0.4, 0.5) is 0 Å². The van der Waals surface area contributed by atoms with Gasteiger partial charge >= 0.3 is 11.9 Å². The number of likely N-dealkylation sites (N-methyl/N-ethyl adjacent to an activating group) is 2. The van der Waals surface area contributed by atoms with Crippen LogP contribution in [-0.4, -0.2) is 99.9 Å². The molecule has 14 nitrogen and oxygen atoms in total. The normalized spacial score (nSPS) is 15.1. The Morgan fingerprint density at radius 2 is 1.55 bits per heavy atom. The van der Waals surface area contributed by atoms with Gasteiger partial charge in [0.1, 0.15) is 17.9 Å². The fraction of sp³-hybridized carbons (Fsp3) is 0.619. The maximum Gasteiger partial charge on any atom is 0.326 e. The number of aromatic nitrogens is 1. The highest BCUT2D eigenvalue weighted by Gasteiger charge is 2.42. The van der Waals surface area contributed by atoms with Gasteiger partial charge in [-0.2, -0.15) is 0 Å². The summed E-state index contributed by atoms with van der Waals surface area (Å²) in [6, 6.07) is 4.33. The van der Waals surface area contributed by atoms with Crippen molar-refractivity contribution >= 4 is 46.3 Å². The summed E-state index contributed by atoms with van der Waals surface area (Å²) in [5.41, 5.74) is 6.28. The maximum atomic E-state index is 14.3. The first-order chi connectivity index (χ1) is 26.0. The van der Waals surface area contributed by atoms with E-state index in [1.54, 1.807) is 20.2 Å². The number of rotatable bonds is 22. The lowest BCUT2D eigenvalue weighted by Crippen LogP contribution is -2.61. The van der Waals surface area contributed by atoms with Gasteiger partial charge in [0.25, 0.3) is 0 Å². The number of hydrogen-bond donors (Lipinski definition) is 6. The van der Waals surface area contributed by atoms with Crippen LogP contribution < -0.4 is 21.7 Å². The number of aryl methyl sites for hydroxylation is 1. The first-order valence-corrected chi connectivity index (χ1v) is 19.4. The number of benzene rings is 1. The van der Waals surface area contributed by atoms with Gasteiger partial charge in [0, 0.05) is 55.0 Å². The zero-order valence-electron chi connectivity index (χ0n) is 35.2. The summed E-state index contributed by atoms with van der Waals surface area (Å²) in [6.07, 6.45) is 4.44. The third-order valence-electron chi connectivity index (χ3n) is 10.7. The fourth-order valence-corrected chi connectivity index (χ4v) is 7.20. The van der Waals surface area contributed by atoms with Crippen LogP contribution in [0, 0.1) is 17.3 Å². The quantitative estimate of drug-likeness (QED) is 0.0742. The van der Waals surface area contributed by atoms with Gasteiger partial charge in [-0.1, -0.05) is 79.2 Å². The van der Waals surface area contributed by atoms with E-state index in [9.17, 15) is 39.0 Å². The molecule has 14 heteroatoms. The number of ketones is 1. The number of nitrogens with zero attached hydrogens (tertiary/aromatic N) is 2. The number of unbranched alkanes of at least 4 members (excludes halogenated alkanes) is 1. The lowest BCUT2D eigenvalue weighted by Gasteiger charge is -2.39. The van der Waals surface area contributed by atoms with Gasteiger partial charge in [-0.05, 0) is 62.7 Å². The zero-order chi connectivity index (χ0) is 42.7. The molecule has 312 valence electrons. The predicted molar refractivity (Wildman–Crippen MR) is 218 cm³/mol. The number of hydrogen-bond acceptors (Lipinski definition) is 8. The summed E-state index contributed by atoms with van der Waals surface area (Å²) in [5.74, 6) is -5.30. The van der Waals surface area contributed by atoms with Crippen LogP contribution >= 0.6 is 0 Å². The van der Waals surface area contributed by atoms with E-state index in [2.05, 4.69) is 16.0 Å². The Hall–Kier alpha value is -4.56. The second kappa shape index (κ2) is 20.6. The molecule has 0 aliphatic rings. The number of carboxylic acids is 2. The van der Waals surface area contributed by atoms with Gasteiger partial charge in [-0.25, -0.2) is 4.79 Å². The van der Waals surface area contributed by atoms with Crippen molar-refractivity contribution in [2.75, 3.05) is 20.6 Å². The second-order valence-corrected chi connectivity index (χ2v) is 16.9. The predicted octanol–water partition coefficient (Wildman–Crippen LogP) is 4.14. The third kappa shape index (κ3) is 12.5. The highest BCUT2D eigenvalue weighted by molar-refractivity contribution is 5.96. The monoisotopic (exact) mass is 782 g/mol. The number of nitrogens with one attached hydrogen (secondary N) is 3. The molecule has 0 fully saturated rings. The number of fused-ring (bicyclic) bond motifs is 1. The summed E-state index contributed by atoms with van der Waals surface area (Å²) < 4.78 is 2.03. The SMILES string of the molecule is CN[C@H](C(=O)N[C@H](C(=O)N(C)[C@H](/C=C(\C)C(=O)N[C@H](CCC(=O)C[C@H](CCCCN)C(=O)O)C(=O)O)C(C)C)C(C)(C)C)C(C)(C)c1cn(C)c2ccccc12. The summed E-state index contributed by atoms with van der Waals surface area (Å²) in [4.78, 5) is 79.7. The van der Waals surface area contributed by atoms with Gasteiger partial charge in [0.15, 0.2) is 0 Å². The standard InChI is InChI=1S/C42H66N6O8/c1-25(2)33(22-26(3)36(50)45-31(40(55)56)20-19-28(49)23-27(39(53)54)16-14-15-21-43)48(11)38(52)35(41(4,5)6)46-37(51)34(44-9)42(7,8)30-24-47(10)32-18-13-12-17-29(30)32/h12-13,17-18,22,24-25,27,31,33-35,44H,14-16,19-21,23,43H2,1-11H3,(H,45,50)(H,46,51)(H,53,54)(H,55,56)/b26-22+/t27-,31+,33+,34+,35+/m0/s1. The first-order valence-electron chi connectivity index (χ1n) is 19.4. The highest BCUT2D eigenvalue weighted by Crippen LogP contribution is 2.35. The molecule has 0 unspecified atom stereocenters. The molecule has 0 bridgehead atoms. The van der Waals surface area contributed by atoms with Crippen LogP contribution in [0.5, 0.6) is 0 Å². The van der Waals surface area contributed by atoms with E-state index < -0.39 is 64.5 Å². The number of carboxylic acid groups (broad SMARTS) is 2. The Kier molecular flexibility index (Phi) is 17.5. The van der Waals surface area contributed by atoms with Gasteiger partial charge in [-0.3, -0.25) is 24.0 Å². The lowest BCUT2D eigenvalue weighted by atomic mass is 9.76. The largest absolute Gasteiger partial charge is 0.481 e. The summed E-state index contributed by atoms with van der Waals surface area (Å²) in [7, 11) is 5.30. The number of nitrogens with two attached hydrogens (primary N) is 1. The number of carbonyl (C=O) groups is 6. The highest BCUT2D eigenvalue weighted by atomic mass is 16.4. The van der Waals surface area contributed by atoms with Gasteiger partial charge in [-0.15, -0.1) is 0 Å². The van der Waals surface area contributed by atoms with Crippen LogP contribution in [0.1, 0.15) is 99.5 Å². The van der Waals surface area contributed by atoms with Crippen LogP contribution in [0.25, 0.3) is 10.9 Å². The van der Waals surface area contributed by atoms with Crippen molar-refractivity contribution in [2.24, 2.45) is 30.0 Å². The molecule has 0 radical (unpaired) electrons. The molecular weight excluding hydrogens is 716 g/mol. The number of aliphatic carboxylic acids is 2. The van der Waals surface area contributed by atoms with Crippen molar-refractivity contribution in [3.05, 3.63) is 47.7 Å². The number of carbonyl (C=O) groups excluding carboxylic acids is 4. The molecule has 1 aromatic heterocycles. The Morgan fingerprint density at radius 1 is 0.929 bits per heavy atom. The van der Waals surface area contributed by atoms with Crippen LogP contribution in [0.15, 0.2) is 42.1 Å². The minimum atomic E-state index is -1.40. The molecule has 0 spiro atoms. The Balaban J connectivity index is 2.26. The first kappa shape index (κ1) is 47.6. The van der Waals surface area contributed by atoms with Crippen LogP contribution in [0.2, 0.25) is 0 Å². The third-order valence-corrected chi connectivity index (χ3v) is 10.7. The average Bonchev–Trinajstić information content (AvgIpc) is 3.46. The molecular formula is C42H66N6O8. The van der Waals surface area contributed by atoms with Crippen molar-refractivity contribution in [1.82, 2.24) is 25.4 Å². The molecule has 2 rings (SSSR count). The molecule has 7 N–H and O–H groups in total. The molecule has 1 aromatic carbocycles. The van der Waals surface area contributed by atoms with E-state index in [0.717, 1.165) is 16.5 Å². The summed E-state index contributed by atoms with van der Waals surface area (Å²) in [5, 5.41) is 29.1. The average molecular weight is 783 g/mol. The second-order valence-electron chi connectivity index (χ2n) is 16.9. The van der Waals surface area contributed by atoms with Crippen LogP contribution in [0.3, 0.4) is 0 Å². The van der Waals surface area contributed by atoms with Crippen LogP contribution in [-0.2, 0) is 41.2 Å². The summed E-state index contributed by atoms with van der Waals surface area (Å²) in [6.45, 7) is 15.3. The summed E-state index contributed by atoms with van der Waals surface area (Å²) >= 11 is 0. The van der Waals surface area contributed by atoms with E-state index >= 15 is 0 Å². The maximum absolute atomic E-state index is 14.3. The number of amides is 3. The van der Waals surface area contributed by atoms with E-state index in [4.69, 9.17) is 5.73 Å². The molecule has 5 atom stereocenters. The molecule has 2 aromatic rings. The Bertz CT molecular complexity index is 1740. The van der Waals surface area contributed by atoms with Crippen molar-refractivity contribution in [3.63, 3.8) is 0 Å². The smallest absolute Gasteiger partial charge is 0.326 e. The molecule has 0 aliphatic carbocycles. The molecule has 0 saturated carbocycles. The van der Waals surface area contributed by atoms with E-state index in [1.165, 1.54) is 11.8 Å². The van der Waals surface area contributed by atoms with Crippen molar-refractivity contribution in [2.45, 2.75) is 123 Å². The van der Waals surface area contributed by atoms with E-state index in [0.29, 0.717) is 25.8 Å². The molecule has 56 heavy (non-hydrogen) atoms. The number of Topliss-reactive ketones (excluding diaryl/α,β-unsaturated/α-hetero) is 1. The van der Waals surface area contributed by atoms with Crippen molar-refractivity contribution in [1.29, 1.82) is 0 Å². The molecule has 0 aliphatic heterocycles. The fourth-order valence-electron chi connectivity index (χ4n) is 7.20. The minimum absolute atomic E-state index is 0.162. The Morgan fingerprint density at radius 3 is 2.09 bits per heavy atom. The van der Waals surface area contributed by atoms with Gasteiger partial charge < -0.3 is 41.4 Å². The Labute approximate surface area is 332 Å². The number of para-hydroxylation sites is 1.